The summed E-state index contributed by atoms with van der Waals surface area (Å²) in [6, 6.07) is 2.21. The minimum Gasteiger partial charge on any atom is -0.478 e. The molecule has 1 aromatic rings. The van der Waals surface area contributed by atoms with Gasteiger partial charge in [-0.1, -0.05) is 12.8 Å². The molecule has 0 radical (unpaired) electrons. The lowest BCUT2D eigenvalue weighted by molar-refractivity contribution is 0.0697. The molecule has 1 saturated heterocycles. The number of ether oxygens (including phenoxy) is 2. The standard InChI is InChI=1S/C17H20F2N2O3/c1-3-9-23-15-6-5-14(18)13(16(15)19)11-24-17(22)21-8-7-20-10-12(21)4-2/h1,5-6,12,20H,4,7-11H2,2H3/t12-/m1/s1. The highest BCUT2D eigenvalue weighted by atomic mass is 19.1. The van der Waals surface area contributed by atoms with E-state index < -0.39 is 24.3 Å². The van der Waals surface area contributed by atoms with Crippen LogP contribution < -0.4 is 10.1 Å². The third-order valence-corrected chi connectivity index (χ3v) is 3.86. The Labute approximate surface area is 139 Å². The van der Waals surface area contributed by atoms with Crippen molar-refractivity contribution in [1.29, 1.82) is 0 Å². The van der Waals surface area contributed by atoms with Crippen LogP contribution in [0.1, 0.15) is 18.9 Å². The van der Waals surface area contributed by atoms with Crippen LogP contribution in [0, 0.1) is 24.0 Å². The van der Waals surface area contributed by atoms with Crippen molar-refractivity contribution in [3.8, 4) is 18.1 Å². The largest absolute Gasteiger partial charge is 0.478 e. The number of benzene rings is 1. The lowest BCUT2D eigenvalue weighted by Gasteiger charge is -2.34. The van der Waals surface area contributed by atoms with Crippen molar-refractivity contribution in [2.45, 2.75) is 26.0 Å². The monoisotopic (exact) mass is 338 g/mol. The Morgan fingerprint density at radius 2 is 2.29 bits per heavy atom. The summed E-state index contributed by atoms with van der Waals surface area (Å²) in [6.07, 6.45) is 5.23. The van der Waals surface area contributed by atoms with Crippen LogP contribution >= 0.6 is 0 Å². The lowest BCUT2D eigenvalue weighted by atomic mass is 10.1. The Bertz CT molecular complexity index is 631. The zero-order valence-electron chi connectivity index (χ0n) is 13.5. The number of terminal acetylenes is 1. The second kappa shape index (κ2) is 8.50. The molecule has 0 unspecified atom stereocenters. The normalized spacial score (nSPS) is 17.2. The van der Waals surface area contributed by atoms with E-state index in [-0.39, 0.29) is 24.0 Å². The summed E-state index contributed by atoms with van der Waals surface area (Å²) in [4.78, 5) is 13.8. The number of nitrogens with one attached hydrogen (secondary N) is 1. The van der Waals surface area contributed by atoms with Crippen LogP contribution in [-0.4, -0.2) is 43.3 Å². The number of piperazine rings is 1. The first-order valence-corrected chi connectivity index (χ1v) is 7.75. The fourth-order valence-electron chi connectivity index (χ4n) is 2.52. The van der Waals surface area contributed by atoms with Gasteiger partial charge in [0.25, 0.3) is 0 Å². The predicted octanol–water partition coefficient (Wildman–Crippen LogP) is 2.30. The number of hydrogen-bond acceptors (Lipinski definition) is 4. The van der Waals surface area contributed by atoms with E-state index in [2.05, 4.69) is 11.2 Å². The van der Waals surface area contributed by atoms with Crippen LogP contribution in [0.15, 0.2) is 12.1 Å². The fourth-order valence-corrected chi connectivity index (χ4v) is 2.52. The number of halogens is 2. The number of amides is 1. The summed E-state index contributed by atoms with van der Waals surface area (Å²) in [7, 11) is 0. The first kappa shape index (κ1) is 18.0. The lowest BCUT2D eigenvalue weighted by Crippen LogP contribution is -2.53. The molecule has 0 bridgehead atoms. The average Bonchev–Trinajstić information content (AvgIpc) is 2.60. The molecule has 1 aromatic carbocycles. The summed E-state index contributed by atoms with van der Waals surface area (Å²) in [5, 5.41) is 3.19. The third-order valence-electron chi connectivity index (χ3n) is 3.86. The number of carbonyl (C=O) groups excluding carboxylic acids is 1. The van der Waals surface area contributed by atoms with Crippen LogP contribution in [0.4, 0.5) is 13.6 Å². The highest BCUT2D eigenvalue weighted by Gasteiger charge is 2.27. The maximum absolute atomic E-state index is 14.2. The van der Waals surface area contributed by atoms with Gasteiger partial charge in [-0.3, -0.25) is 0 Å². The van der Waals surface area contributed by atoms with Crippen molar-refractivity contribution in [2.24, 2.45) is 0 Å². The first-order valence-electron chi connectivity index (χ1n) is 7.75. The van der Waals surface area contributed by atoms with Crippen molar-refractivity contribution in [3.05, 3.63) is 29.3 Å². The highest BCUT2D eigenvalue weighted by molar-refractivity contribution is 5.68. The van der Waals surface area contributed by atoms with Gasteiger partial charge in [0, 0.05) is 25.7 Å². The molecule has 0 aliphatic carbocycles. The van der Waals surface area contributed by atoms with Gasteiger partial charge in [-0.25, -0.2) is 13.6 Å². The molecule has 1 aliphatic rings. The van der Waals surface area contributed by atoms with Gasteiger partial charge in [-0.15, -0.1) is 6.42 Å². The van der Waals surface area contributed by atoms with Crippen LogP contribution in [0.3, 0.4) is 0 Å². The molecule has 130 valence electrons. The summed E-state index contributed by atoms with van der Waals surface area (Å²) in [5.41, 5.74) is -0.360. The third kappa shape index (κ3) is 4.15. The smallest absolute Gasteiger partial charge is 0.410 e. The van der Waals surface area contributed by atoms with Crippen molar-refractivity contribution >= 4 is 6.09 Å². The minimum absolute atomic E-state index is 0.00578. The molecule has 1 aliphatic heterocycles. The molecule has 5 nitrogen and oxygen atoms in total. The van der Waals surface area contributed by atoms with E-state index in [0.717, 1.165) is 18.6 Å². The Balaban J connectivity index is 2.05. The second-order valence-electron chi connectivity index (χ2n) is 5.35. The van der Waals surface area contributed by atoms with E-state index in [9.17, 15) is 13.6 Å². The van der Waals surface area contributed by atoms with Crippen LogP contribution in [0.2, 0.25) is 0 Å². The minimum atomic E-state index is -0.912. The van der Waals surface area contributed by atoms with Gasteiger partial charge in [-0.2, -0.15) is 0 Å². The quantitative estimate of drug-likeness (QED) is 0.837. The molecule has 0 spiro atoms. The molecular formula is C17H20F2N2O3. The number of carbonyl (C=O) groups is 1. The molecule has 0 aromatic heterocycles. The maximum Gasteiger partial charge on any atom is 0.410 e. The van der Waals surface area contributed by atoms with Crippen molar-refractivity contribution in [2.75, 3.05) is 26.2 Å². The fraction of sp³-hybridized carbons (Fsp3) is 0.471. The van der Waals surface area contributed by atoms with Crippen LogP contribution in [0.25, 0.3) is 0 Å². The van der Waals surface area contributed by atoms with Gasteiger partial charge >= 0.3 is 6.09 Å². The van der Waals surface area contributed by atoms with E-state index >= 15 is 0 Å². The summed E-state index contributed by atoms with van der Waals surface area (Å²) in [5.74, 6) is 0.313. The molecule has 1 heterocycles. The summed E-state index contributed by atoms with van der Waals surface area (Å²) in [6.45, 7) is 3.13. The van der Waals surface area contributed by atoms with Crippen molar-refractivity contribution < 1.29 is 23.0 Å². The Morgan fingerprint density at radius 3 is 3.00 bits per heavy atom. The van der Waals surface area contributed by atoms with E-state index in [0.29, 0.717) is 19.6 Å². The highest BCUT2D eigenvalue weighted by Crippen LogP contribution is 2.24. The number of hydrogen-bond donors (Lipinski definition) is 1. The van der Waals surface area contributed by atoms with Gasteiger partial charge in [0.15, 0.2) is 11.6 Å². The topological polar surface area (TPSA) is 50.8 Å². The van der Waals surface area contributed by atoms with E-state index in [1.165, 1.54) is 0 Å². The van der Waals surface area contributed by atoms with Gasteiger partial charge in [0.05, 0.1) is 5.56 Å². The van der Waals surface area contributed by atoms with Gasteiger partial charge in [-0.05, 0) is 18.6 Å². The van der Waals surface area contributed by atoms with Crippen molar-refractivity contribution in [1.82, 2.24) is 10.2 Å². The maximum atomic E-state index is 14.2. The first-order chi connectivity index (χ1) is 11.6. The van der Waals surface area contributed by atoms with E-state index in [1.54, 1.807) is 4.90 Å². The second-order valence-corrected chi connectivity index (χ2v) is 5.35. The number of nitrogens with zero attached hydrogens (tertiary/aromatic N) is 1. The van der Waals surface area contributed by atoms with Gasteiger partial charge in [0.1, 0.15) is 19.0 Å². The van der Waals surface area contributed by atoms with Crippen LogP contribution in [-0.2, 0) is 11.3 Å². The molecule has 1 atom stereocenters. The zero-order valence-corrected chi connectivity index (χ0v) is 13.5. The molecule has 2 rings (SSSR count). The number of rotatable bonds is 5. The van der Waals surface area contributed by atoms with E-state index in [4.69, 9.17) is 15.9 Å². The van der Waals surface area contributed by atoms with Gasteiger partial charge in [0.2, 0.25) is 0 Å². The molecule has 0 saturated carbocycles. The Morgan fingerprint density at radius 1 is 1.50 bits per heavy atom. The summed E-state index contributed by atoms with van der Waals surface area (Å²) < 4.78 is 38.2. The predicted molar refractivity (Wildman–Crippen MR) is 84.5 cm³/mol. The average molecular weight is 338 g/mol. The Hall–Kier alpha value is -2.33. The molecule has 1 fully saturated rings. The van der Waals surface area contributed by atoms with Crippen molar-refractivity contribution in [3.63, 3.8) is 0 Å². The summed E-state index contributed by atoms with van der Waals surface area (Å²) >= 11 is 0. The molecule has 1 N–H and O–H groups in total. The zero-order chi connectivity index (χ0) is 17.5. The molecule has 1 amide bonds. The molecular weight excluding hydrogens is 318 g/mol. The van der Waals surface area contributed by atoms with Crippen LogP contribution in [0.5, 0.6) is 5.75 Å². The van der Waals surface area contributed by atoms with Gasteiger partial charge < -0.3 is 19.7 Å². The SMILES string of the molecule is C#CCOc1ccc(F)c(COC(=O)N2CCNC[C@H]2CC)c1F. The molecule has 7 heteroatoms. The van der Waals surface area contributed by atoms with E-state index in [1.807, 2.05) is 6.92 Å². The Kier molecular flexibility index (Phi) is 6.38. The molecule has 24 heavy (non-hydrogen) atoms.